The summed E-state index contributed by atoms with van der Waals surface area (Å²) in [4.78, 5) is 24.3. The minimum Gasteiger partial charge on any atom is -0.480 e. The third-order valence-electron chi connectivity index (χ3n) is 3.16. The summed E-state index contributed by atoms with van der Waals surface area (Å²) in [6, 6.07) is 4.48. The predicted molar refractivity (Wildman–Crippen MR) is 69.5 cm³/mol. The number of carboxylic acids is 1. The van der Waals surface area contributed by atoms with Crippen LogP contribution in [0, 0.1) is 0 Å². The van der Waals surface area contributed by atoms with Crippen LogP contribution >= 0.6 is 11.6 Å². The van der Waals surface area contributed by atoms with Gasteiger partial charge >= 0.3 is 5.97 Å². The van der Waals surface area contributed by atoms with E-state index < -0.39 is 12.0 Å². The molecule has 1 aliphatic heterocycles. The molecule has 0 saturated carbocycles. The van der Waals surface area contributed by atoms with Gasteiger partial charge in [0.15, 0.2) is 5.78 Å². The van der Waals surface area contributed by atoms with Crippen LogP contribution in [0.4, 0.5) is 5.69 Å². The summed E-state index contributed by atoms with van der Waals surface area (Å²) < 4.78 is 0. The number of carbonyl (C=O) groups is 2. The molecule has 18 heavy (non-hydrogen) atoms. The van der Waals surface area contributed by atoms with Crippen LogP contribution in [0.3, 0.4) is 0 Å². The Morgan fingerprint density at radius 3 is 2.72 bits per heavy atom. The fourth-order valence-corrected chi connectivity index (χ4v) is 2.51. The van der Waals surface area contributed by atoms with Crippen molar-refractivity contribution in [2.45, 2.75) is 25.8 Å². The van der Waals surface area contributed by atoms with Gasteiger partial charge in [-0.3, -0.25) is 4.79 Å². The van der Waals surface area contributed by atoms with Crippen molar-refractivity contribution >= 4 is 29.0 Å². The van der Waals surface area contributed by atoms with Crippen LogP contribution in [-0.4, -0.2) is 29.4 Å². The van der Waals surface area contributed by atoms with Crippen LogP contribution in [0.2, 0.25) is 5.02 Å². The molecule has 0 amide bonds. The highest BCUT2D eigenvalue weighted by atomic mass is 35.5. The molecular formula is C13H14ClNO3. The molecule has 1 aliphatic rings. The van der Waals surface area contributed by atoms with Crippen molar-refractivity contribution in [2.75, 3.05) is 11.4 Å². The van der Waals surface area contributed by atoms with Gasteiger partial charge in [0.25, 0.3) is 0 Å². The monoisotopic (exact) mass is 267 g/mol. The van der Waals surface area contributed by atoms with Gasteiger partial charge < -0.3 is 10.0 Å². The van der Waals surface area contributed by atoms with Crippen LogP contribution in [0.5, 0.6) is 0 Å². The Kier molecular flexibility index (Phi) is 3.57. The zero-order chi connectivity index (χ0) is 13.3. The number of ketones is 1. The van der Waals surface area contributed by atoms with Crippen molar-refractivity contribution in [3.05, 3.63) is 28.8 Å². The number of benzene rings is 1. The largest absolute Gasteiger partial charge is 0.480 e. The van der Waals surface area contributed by atoms with Crippen LogP contribution in [-0.2, 0) is 4.79 Å². The summed E-state index contributed by atoms with van der Waals surface area (Å²) >= 11 is 5.97. The number of carboxylic acid groups (broad SMARTS) is 1. The quantitative estimate of drug-likeness (QED) is 0.856. The molecule has 0 aliphatic carbocycles. The molecule has 1 atom stereocenters. The first-order chi connectivity index (χ1) is 8.49. The number of hydrogen-bond acceptors (Lipinski definition) is 3. The third kappa shape index (κ3) is 2.48. The SMILES string of the molecule is CC(=O)c1cc(Cl)cc(N2CCCC2C(=O)O)c1. The average molecular weight is 268 g/mol. The number of nitrogens with zero attached hydrogens (tertiary/aromatic N) is 1. The van der Waals surface area contributed by atoms with E-state index in [0.29, 0.717) is 29.2 Å². The van der Waals surface area contributed by atoms with Crippen molar-refractivity contribution in [1.82, 2.24) is 0 Å². The third-order valence-corrected chi connectivity index (χ3v) is 3.38. The van der Waals surface area contributed by atoms with E-state index >= 15 is 0 Å². The van der Waals surface area contributed by atoms with Gasteiger partial charge in [-0.2, -0.15) is 0 Å². The molecule has 0 aromatic heterocycles. The molecule has 1 aromatic rings. The number of rotatable bonds is 3. The number of halogens is 1. The van der Waals surface area contributed by atoms with Crippen LogP contribution in [0.15, 0.2) is 18.2 Å². The Balaban J connectivity index is 2.38. The maximum absolute atomic E-state index is 11.4. The predicted octanol–water partition coefficient (Wildman–Crippen LogP) is 2.60. The molecule has 4 nitrogen and oxygen atoms in total. The highest BCUT2D eigenvalue weighted by molar-refractivity contribution is 6.31. The van der Waals surface area contributed by atoms with Crippen molar-refractivity contribution in [3.8, 4) is 0 Å². The maximum atomic E-state index is 11.4. The Bertz CT molecular complexity index is 501. The standard InChI is InChI=1S/C13H14ClNO3/c1-8(16)9-5-10(14)7-11(6-9)15-4-2-3-12(15)13(17)18/h5-7,12H,2-4H2,1H3,(H,17,18). The number of aliphatic carboxylic acids is 1. The van der Waals surface area contributed by atoms with Crippen molar-refractivity contribution in [3.63, 3.8) is 0 Å². The molecule has 1 saturated heterocycles. The zero-order valence-corrected chi connectivity index (χ0v) is 10.8. The summed E-state index contributed by atoms with van der Waals surface area (Å²) in [6.07, 6.45) is 1.45. The Morgan fingerprint density at radius 1 is 1.39 bits per heavy atom. The summed E-state index contributed by atoms with van der Waals surface area (Å²) in [6.45, 7) is 2.14. The lowest BCUT2D eigenvalue weighted by Gasteiger charge is -2.24. The van der Waals surface area contributed by atoms with Crippen LogP contribution in [0.1, 0.15) is 30.1 Å². The lowest BCUT2D eigenvalue weighted by Crippen LogP contribution is -2.35. The first-order valence-corrected chi connectivity index (χ1v) is 6.18. The molecule has 0 spiro atoms. The highest BCUT2D eigenvalue weighted by Crippen LogP contribution is 2.29. The zero-order valence-electron chi connectivity index (χ0n) is 10.0. The second kappa shape index (κ2) is 4.98. The lowest BCUT2D eigenvalue weighted by molar-refractivity contribution is -0.138. The fraction of sp³-hybridized carbons (Fsp3) is 0.385. The molecule has 2 rings (SSSR count). The molecule has 1 N–H and O–H groups in total. The van der Waals surface area contributed by atoms with E-state index in [2.05, 4.69) is 0 Å². The van der Waals surface area contributed by atoms with Crippen LogP contribution in [0.25, 0.3) is 0 Å². The van der Waals surface area contributed by atoms with Gasteiger partial charge in [-0.05, 0) is 38.0 Å². The fourth-order valence-electron chi connectivity index (χ4n) is 2.28. The van der Waals surface area contributed by atoms with E-state index in [1.807, 2.05) is 0 Å². The molecule has 1 aromatic carbocycles. The first-order valence-electron chi connectivity index (χ1n) is 5.80. The van der Waals surface area contributed by atoms with Gasteiger partial charge in [0.05, 0.1) is 0 Å². The van der Waals surface area contributed by atoms with E-state index in [4.69, 9.17) is 16.7 Å². The van der Waals surface area contributed by atoms with Gasteiger partial charge in [-0.1, -0.05) is 11.6 Å². The molecule has 0 bridgehead atoms. The second-order valence-electron chi connectivity index (χ2n) is 4.44. The van der Waals surface area contributed by atoms with Crippen molar-refractivity contribution in [2.24, 2.45) is 0 Å². The Morgan fingerprint density at radius 2 is 2.11 bits per heavy atom. The highest BCUT2D eigenvalue weighted by Gasteiger charge is 2.30. The summed E-state index contributed by atoms with van der Waals surface area (Å²) in [5.41, 5.74) is 1.21. The number of anilines is 1. The molecule has 1 fully saturated rings. The van der Waals surface area contributed by atoms with E-state index in [0.717, 1.165) is 6.42 Å². The van der Waals surface area contributed by atoms with Crippen molar-refractivity contribution in [1.29, 1.82) is 0 Å². The Hall–Kier alpha value is -1.55. The molecule has 1 unspecified atom stereocenters. The minimum atomic E-state index is -0.836. The van der Waals surface area contributed by atoms with E-state index in [1.165, 1.54) is 6.92 Å². The van der Waals surface area contributed by atoms with Gasteiger partial charge in [0.1, 0.15) is 6.04 Å². The number of Topliss-reactive ketones (excluding diaryl/α,β-unsaturated/α-hetero) is 1. The van der Waals surface area contributed by atoms with E-state index in [-0.39, 0.29) is 5.78 Å². The minimum absolute atomic E-state index is 0.0789. The number of carbonyl (C=O) groups excluding carboxylic acids is 1. The normalized spacial score (nSPS) is 19.0. The summed E-state index contributed by atoms with van der Waals surface area (Å²) in [5, 5.41) is 9.60. The molecule has 0 radical (unpaired) electrons. The molecular weight excluding hydrogens is 254 g/mol. The van der Waals surface area contributed by atoms with Gasteiger partial charge in [-0.25, -0.2) is 4.79 Å². The van der Waals surface area contributed by atoms with Gasteiger partial charge in [0, 0.05) is 22.8 Å². The molecule has 1 heterocycles. The maximum Gasteiger partial charge on any atom is 0.326 e. The topological polar surface area (TPSA) is 57.6 Å². The van der Waals surface area contributed by atoms with Crippen LogP contribution < -0.4 is 4.90 Å². The van der Waals surface area contributed by atoms with E-state index in [1.54, 1.807) is 23.1 Å². The summed E-state index contributed by atoms with van der Waals surface area (Å²) in [5.74, 6) is -0.915. The second-order valence-corrected chi connectivity index (χ2v) is 4.88. The van der Waals surface area contributed by atoms with Gasteiger partial charge in [-0.15, -0.1) is 0 Å². The first kappa shape index (κ1) is 12.9. The van der Waals surface area contributed by atoms with E-state index in [9.17, 15) is 9.59 Å². The lowest BCUT2D eigenvalue weighted by atomic mass is 10.1. The smallest absolute Gasteiger partial charge is 0.326 e. The molecule has 96 valence electrons. The Labute approximate surface area is 110 Å². The molecule has 5 heteroatoms. The summed E-state index contributed by atoms with van der Waals surface area (Å²) in [7, 11) is 0. The number of hydrogen-bond donors (Lipinski definition) is 1. The van der Waals surface area contributed by atoms with Gasteiger partial charge in [0.2, 0.25) is 0 Å². The van der Waals surface area contributed by atoms with Crippen molar-refractivity contribution < 1.29 is 14.7 Å². The average Bonchev–Trinajstić information content (AvgIpc) is 2.76.